The van der Waals surface area contributed by atoms with Crippen LogP contribution in [0.2, 0.25) is 10.0 Å². The van der Waals surface area contributed by atoms with Crippen molar-refractivity contribution < 1.29 is 48.0 Å². The van der Waals surface area contributed by atoms with E-state index in [1.54, 1.807) is 42.7 Å². The first-order valence-corrected chi connectivity index (χ1v) is 27.2. The lowest BCUT2D eigenvalue weighted by atomic mass is 9.85. The van der Waals surface area contributed by atoms with E-state index in [9.17, 15) is 29.5 Å². The minimum absolute atomic E-state index is 0.00663. The standard InChI is InChI=1S/C55H67Cl2N9O10S/c1-34-51(77-33-61-34)36-10-8-35(9-11-36)30-60-53(70)44-24-38(67)32-66(44)54(71)52(55(2,3)4)63-48(68)12-20-74-22-23-75-21-13-49(69)65-17-15-64(16-18-65)14-7-19-76-47-27-42-39(25-46(47)73-6)50(37(29-58)31-59-42)62-43-28-45(72-5)41(57)26-40(43)56/h8-11,25-28,31,33,38,44,52,67H,7,12-24,30,32H2,1-6H3,(H,59,62)(H,60,70)(H,63,68)/t38?,44?,52-/m1/s1. The number of ether oxygens (including phenoxy) is 5. The Morgan fingerprint density at radius 3 is 2.27 bits per heavy atom. The zero-order valence-electron chi connectivity index (χ0n) is 44.3. The summed E-state index contributed by atoms with van der Waals surface area (Å²) in [6, 6.07) is 15.0. The lowest BCUT2D eigenvalue weighted by Gasteiger charge is -2.35. The van der Waals surface area contributed by atoms with Crippen molar-refractivity contribution in [3.8, 4) is 33.8 Å². The third-order valence-corrected chi connectivity index (χ3v) is 15.0. The van der Waals surface area contributed by atoms with Gasteiger partial charge in [0.2, 0.25) is 23.6 Å². The number of aliphatic hydroxyl groups excluding tert-OH is 1. The number of amides is 4. The number of rotatable bonds is 24. The fraction of sp³-hybridized carbons (Fsp3) is 0.473. The van der Waals surface area contributed by atoms with Gasteiger partial charge in [0, 0.05) is 82.4 Å². The number of β-amino-alcohol motifs (C(OH)–C–C–N with tert-alkyl or cyclic N) is 1. The highest BCUT2D eigenvalue weighted by Crippen LogP contribution is 2.41. The van der Waals surface area contributed by atoms with Crippen LogP contribution in [0.1, 0.15) is 63.3 Å². The molecule has 2 aliphatic rings. The SMILES string of the molecule is COc1cc(Nc2c(C#N)cnc3cc(OCCCN4CCN(C(=O)CCOCCOCCC(=O)N[C@H](C(=O)N5CC(O)CC5C(=O)NCc5ccc(-c6scnc6C)cc5)C(C)(C)C)CC4)c(OC)cc23)c(Cl)cc1Cl. The van der Waals surface area contributed by atoms with E-state index >= 15 is 0 Å². The van der Waals surface area contributed by atoms with Crippen molar-refractivity contribution in [2.45, 2.75) is 78.1 Å². The van der Waals surface area contributed by atoms with E-state index in [2.05, 4.69) is 36.9 Å². The zero-order valence-corrected chi connectivity index (χ0v) is 46.6. The van der Waals surface area contributed by atoms with Crippen molar-refractivity contribution in [1.29, 1.82) is 5.26 Å². The second-order valence-electron chi connectivity index (χ2n) is 19.9. The number of nitriles is 1. The average Bonchev–Trinajstić information content (AvgIpc) is 4.04. The number of nitrogens with one attached hydrogen (secondary N) is 3. The molecule has 3 atom stereocenters. The molecule has 0 spiro atoms. The van der Waals surface area contributed by atoms with E-state index in [1.165, 1.54) is 18.2 Å². The maximum absolute atomic E-state index is 14.0. The quantitative estimate of drug-likeness (QED) is 0.0450. The Balaban J connectivity index is 0.762. The molecule has 2 aliphatic heterocycles. The van der Waals surface area contributed by atoms with Gasteiger partial charge in [-0.2, -0.15) is 5.26 Å². The number of methoxy groups -OCH3 is 2. The van der Waals surface area contributed by atoms with Crippen molar-refractivity contribution in [3.63, 3.8) is 0 Å². The molecule has 77 heavy (non-hydrogen) atoms. The van der Waals surface area contributed by atoms with E-state index in [-0.39, 0.29) is 76.5 Å². The Bertz CT molecular complexity index is 2910. The Hall–Kier alpha value is -6.31. The summed E-state index contributed by atoms with van der Waals surface area (Å²) >= 11 is 14.3. The van der Waals surface area contributed by atoms with E-state index in [1.807, 2.05) is 62.4 Å². The topological polar surface area (TPSA) is 230 Å². The number of nitrogens with zero attached hydrogens (tertiary/aromatic N) is 6. The van der Waals surface area contributed by atoms with E-state index in [0.717, 1.165) is 47.8 Å². The summed E-state index contributed by atoms with van der Waals surface area (Å²) in [6.07, 6.45) is 1.66. The molecule has 0 bridgehead atoms. The summed E-state index contributed by atoms with van der Waals surface area (Å²) in [4.78, 5) is 69.0. The van der Waals surface area contributed by atoms with Gasteiger partial charge in [0.25, 0.3) is 0 Å². The number of aromatic nitrogens is 2. The number of likely N-dealkylation sites (tertiary alicyclic amines) is 1. The van der Waals surface area contributed by atoms with E-state index in [4.69, 9.17) is 46.9 Å². The fourth-order valence-corrected chi connectivity index (χ4v) is 10.4. The van der Waals surface area contributed by atoms with Gasteiger partial charge >= 0.3 is 0 Å². The molecule has 19 nitrogen and oxygen atoms in total. The smallest absolute Gasteiger partial charge is 0.246 e. The molecule has 412 valence electrons. The maximum atomic E-state index is 14.0. The van der Waals surface area contributed by atoms with E-state index in [0.29, 0.717) is 74.8 Å². The largest absolute Gasteiger partial charge is 0.495 e. The predicted octanol–water partition coefficient (Wildman–Crippen LogP) is 7.14. The Labute approximate surface area is 463 Å². The van der Waals surface area contributed by atoms with Gasteiger partial charge in [0.1, 0.15) is 23.9 Å². The Kier molecular flexibility index (Phi) is 20.7. The van der Waals surface area contributed by atoms with Crippen molar-refractivity contribution in [2.75, 3.05) is 91.8 Å². The number of benzene rings is 3. The number of hydrogen-bond donors (Lipinski definition) is 4. The summed E-state index contributed by atoms with van der Waals surface area (Å²) in [5.41, 5.74) is 5.86. The lowest BCUT2D eigenvalue weighted by molar-refractivity contribution is -0.144. The van der Waals surface area contributed by atoms with Crippen molar-refractivity contribution >= 4 is 80.4 Å². The number of pyridine rings is 1. The van der Waals surface area contributed by atoms with Gasteiger partial charge in [-0.15, -0.1) is 11.3 Å². The number of carbonyl (C=O) groups excluding carboxylic acids is 4. The number of thiazole rings is 1. The molecule has 4 N–H and O–H groups in total. The van der Waals surface area contributed by atoms with Crippen LogP contribution in [0.15, 0.2) is 60.2 Å². The minimum Gasteiger partial charge on any atom is -0.495 e. The first-order valence-electron chi connectivity index (χ1n) is 25.5. The van der Waals surface area contributed by atoms with Crippen molar-refractivity contribution in [1.82, 2.24) is 35.3 Å². The van der Waals surface area contributed by atoms with Crippen LogP contribution in [0, 0.1) is 23.7 Å². The Morgan fingerprint density at radius 2 is 1.61 bits per heavy atom. The number of aryl methyl sites for hydroxylation is 1. The van der Waals surface area contributed by atoms with Gasteiger partial charge in [-0.1, -0.05) is 68.2 Å². The second-order valence-corrected chi connectivity index (χ2v) is 21.5. The normalized spacial score (nSPS) is 16.2. The number of carbonyl (C=O) groups is 4. The second kappa shape index (κ2) is 27.3. The van der Waals surface area contributed by atoms with Crippen LogP contribution < -0.4 is 30.2 Å². The van der Waals surface area contributed by atoms with E-state index < -0.39 is 29.5 Å². The summed E-state index contributed by atoms with van der Waals surface area (Å²) in [5, 5.41) is 30.9. The molecule has 5 aromatic rings. The summed E-state index contributed by atoms with van der Waals surface area (Å²) < 4.78 is 28.6. The van der Waals surface area contributed by atoms with Crippen LogP contribution >= 0.6 is 34.5 Å². The number of fused-ring (bicyclic) bond motifs is 1. The molecule has 2 aromatic heterocycles. The summed E-state index contributed by atoms with van der Waals surface area (Å²) in [6.45, 7) is 12.3. The highest BCUT2D eigenvalue weighted by Gasteiger charge is 2.44. The van der Waals surface area contributed by atoms with Gasteiger partial charge in [0.15, 0.2) is 11.5 Å². The molecule has 2 saturated heterocycles. The van der Waals surface area contributed by atoms with Crippen LogP contribution in [0.3, 0.4) is 0 Å². The van der Waals surface area contributed by atoms with Gasteiger partial charge in [0.05, 0.1) is 108 Å². The fourth-order valence-electron chi connectivity index (χ4n) is 9.12. The van der Waals surface area contributed by atoms with Gasteiger partial charge in [-0.05, 0) is 42.0 Å². The molecule has 0 aliphatic carbocycles. The number of halogens is 2. The molecule has 0 radical (unpaired) electrons. The number of anilines is 2. The molecule has 4 heterocycles. The molecule has 2 unspecified atom stereocenters. The number of aliphatic hydroxyl groups is 1. The minimum atomic E-state index is -0.955. The predicted molar refractivity (Wildman–Crippen MR) is 295 cm³/mol. The molecule has 0 saturated carbocycles. The zero-order chi connectivity index (χ0) is 55.2. The van der Waals surface area contributed by atoms with Gasteiger partial charge < -0.3 is 54.5 Å². The lowest BCUT2D eigenvalue weighted by Crippen LogP contribution is -2.57. The number of piperazine rings is 1. The first kappa shape index (κ1) is 58.4. The van der Waals surface area contributed by atoms with Gasteiger partial charge in [-0.3, -0.25) is 29.1 Å². The highest BCUT2D eigenvalue weighted by atomic mass is 35.5. The maximum Gasteiger partial charge on any atom is 0.246 e. The first-order chi connectivity index (χ1) is 37.0. The molecule has 2 fully saturated rings. The molecule has 22 heteroatoms. The van der Waals surface area contributed by atoms with Crippen LogP contribution in [-0.4, -0.2) is 158 Å². The molecular weight excluding hydrogens is 1050 g/mol. The molecular formula is C55H67Cl2N9O10S. The summed E-state index contributed by atoms with van der Waals surface area (Å²) in [7, 11) is 3.05. The number of hydrogen-bond acceptors (Lipinski definition) is 16. The third kappa shape index (κ3) is 15.5. The average molecular weight is 1120 g/mol. The van der Waals surface area contributed by atoms with Crippen molar-refractivity contribution in [2.24, 2.45) is 5.41 Å². The molecule has 3 aromatic carbocycles. The van der Waals surface area contributed by atoms with Crippen LogP contribution in [0.5, 0.6) is 17.2 Å². The monoisotopic (exact) mass is 1120 g/mol. The Morgan fingerprint density at radius 1 is 0.896 bits per heavy atom. The van der Waals surface area contributed by atoms with Crippen LogP contribution in [0.25, 0.3) is 21.3 Å². The van der Waals surface area contributed by atoms with Crippen molar-refractivity contribution in [3.05, 3.63) is 87.1 Å². The highest BCUT2D eigenvalue weighted by molar-refractivity contribution is 7.13. The molecule has 4 amide bonds. The summed E-state index contributed by atoms with van der Waals surface area (Å²) in [5.74, 6) is 0.216. The third-order valence-electron chi connectivity index (χ3n) is 13.4. The molecule has 7 rings (SSSR count). The van der Waals surface area contributed by atoms with Crippen LogP contribution in [0.4, 0.5) is 11.4 Å². The van der Waals surface area contributed by atoms with Crippen LogP contribution in [-0.2, 0) is 35.2 Å². The van der Waals surface area contributed by atoms with Gasteiger partial charge in [-0.25, -0.2) is 4.98 Å².